The Hall–Kier alpha value is -1.71. The quantitative estimate of drug-likeness (QED) is 0.840. The SMILES string of the molecule is CCC1CN=C(N)N1c1ccccc1OC. The highest BCUT2D eigenvalue weighted by Crippen LogP contribution is 2.31. The Morgan fingerprint density at radius 2 is 2.25 bits per heavy atom. The number of hydrogen-bond donors (Lipinski definition) is 1. The molecule has 0 aromatic heterocycles. The van der Waals surface area contributed by atoms with Gasteiger partial charge < -0.3 is 15.4 Å². The van der Waals surface area contributed by atoms with Crippen LogP contribution in [0.1, 0.15) is 13.3 Å². The summed E-state index contributed by atoms with van der Waals surface area (Å²) in [6.07, 6.45) is 1.02. The monoisotopic (exact) mass is 219 g/mol. The molecule has 0 radical (unpaired) electrons. The van der Waals surface area contributed by atoms with Gasteiger partial charge in [0.25, 0.3) is 0 Å². The van der Waals surface area contributed by atoms with E-state index in [0.29, 0.717) is 12.0 Å². The molecule has 2 rings (SSSR count). The fourth-order valence-corrected chi connectivity index (χ4v) is 2.00. The lowest BCUT2D eigenvalue weighted by atomic mass is 10.2. The van der Waals surface area contributed by atoms with Crippen LogP contribution in [0.25, 0.3) is 0 Å². The largest absolute Gasteiger partial charge is 0.495 e. The second-order valence-electron chi connectivity index (χ2n) is 3.80. The molecule has 0 saturated carbocycles. The van der Waals surface area contributed by atoms with Crippen molar-refractivity contribution in [2.75, 3.05) is 18.6 Å². The lowest BCUT2D eigenvalue weighted by molar-refractivity contribution is 0.414. The number of guanidine groups is 1. The van der Waals surface area contributed by atoms with Gasteiger partial charge in [-0.25, -0.2) is 0 Å². The smallest absolute Gasteiger partial charge is 0.196 e. The van der Waals surface area contributed by atoms with E-state index in [4.69, 9.17) is 10.5 Å². The van der Waals surface area contributed by atoms with E-state index in [1.165, 1.54) is 0 Å². The molecule has 1 heterocycles. The Bertz CT molecular complexity index is 403. The minimum absolute atomic E-state index is 0.344. The van der Waals surface area contributed by atoms with Crippen LogP contribution in [-0.2, 0) is 0 Å². The van der Waals surface area contributed by atoms with Crippen molar-refractivity contribution in [2.24, 2.45) is 10.7 Å². The fourth-order valence-electron chi connectivity index (χ4n) is 2.00. The average Bonchev–Trinajstić information content (AvgIpc) is 2.70. The van der Waals surface area contributed by atoms with Crippen molar-refractivity contribution in [2.45, 2.75) is 19.4 Å². The molecule has 1 atom stereocenters. The molecule has 1 unspecified atom stereocenters. The van der Waals surface area contributed by atoms with Crippen LogP contribution >= 0.6 is 0 Å². The van der Waals surface area contributed by atoms with Crippen LogP contribution in [0.15, 0.2) is 29.3 Å². The van der Waals surface area contributed by atoms with Gasteiger partial charge in [0.05, 0.1) is 25.4 Å². The summed E-state index contributed by atoms with van der Waals surface area (Å²) in [5, 5.41) is 0. The molecule has 1 aromatic carbocycles. The first-order valence-corrected chi connectivity index (χ1v) is 5.50. The van der Waals surface area contributed by atoms with E-state index in [1.54, 1.807) is 7.11 Å². The van der Waals surface area contributed by atoms with E-state index in [-0.39, 0.29) is 0 Å². The van der Waals surface area contributed by atoms with Crippen LogP contribution in [-0.4, -0.2) is 25.7 Å². The molecule has 86 valence electrons. The van der Waals surface area contributed by atoms with Gasteiger partial charge in [-0.3, -0.25) is 4.99 Å². The lowest BCUT2D eigenvalue weighted by Crippen LogP contribution is -2.40. The van der Waals surface area contributed by atoms with Gasteiger partial charge in [0.2, 0.25) is 0 Å². The summed E-state index contributed by atoms with van der Waals surface area (Å²) in [7, 11) is 1.67. The predicted octanol–water partition coefficient (Wildman–Crippen LogP) is 1.61. The van der Waals surface area contributed by atoms with Crippen LogP contribution in [0.3, 0.4) is 0 Å². The summed E-state index contributed by atoms with van der Waals surface area (Å²) in [5.74, 6) is 1.41. The number of nitrogens with two attached hydrogens (primary N) is 1. The zero-order valence-corrected chi connectivity index (χ0v) is 9.68. The van der Waals surface area contributed by atoms with E-state index in [0.717, 1.165) is 24.4 Å². The standard InChI is InChI=1S/C12H17N3O/c1-3-9-8-14-12(13)15(9)10-6-4-5-7-11(10)16-2/h4-7,9H,3,8H2,1-2H3,(H2,13,14). The highest BCUT2D eigenvalue weighted by molar-refractivity contribution is 5.98. The minimum atomic E-state index is 0.344. The third kappa shape index (κ3) is 1.71. The number of rotatable bonds is 3. The third-order valence-electron chi connectivity index (χ3n) is 2.89. The molecule has 0 amide bonds. The summed E-state index contributed by atoms with van der Waals surface area (Å²) in [4.78, 5) is 6.34. The van der Waals surface area contributed by atoms with Gasteiger partial charge in [-0.1, -0.05) is 19.1 Å². The first-order valence-electron chi connectivity index (χ1n) is 5.50. The Kier molecular flexibility index (Phi) is 2.99. The number of anilines is 1. The van der Waals surface area contributed by atoms with Crippen LogP contribution in [0, 0.1) is 0 Å². The fraction of sp³-hybridized carbons (Fsp3) is 0.417. The van der Waals surface area contributed by atoms with E-state index >= 15 is 0 Å². The Balaban J connectivity index is 2.38. The Morgan fingerprint density at radius 3 is 2.94 bits per heavy atom. The molecule has 0 fully saturated rings. The van der Waals surface area contributed by atoms with Crippen molar-refractivity contribution in [3.05, 3.63) is 24.3 Å². The summed E-state index contributed by atoms with van der Waals surface area (Å²) >= 11 is 0. The van der Waals surface area contributed by atoms with Crippen LogP contribution in [0.5, 0.6) is 5.75 Å². The zero-order valence-electron chi connectivity index (χ0n) is 9.68. The highest BCUT2D eigenvalue weighted by Gasteiger charge is 2.27. The van der Waals surface area contributed by atoms with E-state index in [2.05, 4.69) is 16.8 Å². The lowest BCUT2D eigenvalue weighted by Gasteiger charge is -2.26. The van der Waals surface area contributed by atoms with E-state index in [1.807, 2.05) is 24.3 Å². The van der Waals surface area contributed by atoms with Crippen LogP contribution < -0.4 is 15.4 Å². The molecular weight excluding hydrogens is 202 g/mol. The molecule has 2 N–H and O–H groups in total. The van der Waals surface area contributed by atoms with Gasteiger partial charge in [0.1, 0.15) is 5.75 Å². The molecule has 1 aliphatic heterocycles. The van der Waals surface area contributed by atoms with Gasteiger partial charge in [0, 0.05) is 0 Å². The maximum atomic E-state index is 5.92. The molecule has 0 spiro atoms. The Morgan fingerprint density at radius 1 is 1.50 bits per heavy atom. The predicted molar refractivity (Wildman–Crippen MR) is 66.0 cm³/mol. The maximum absolute atomic E-state index is 5.92. The number of nitrogens with zero attached hydrogens (tertiary/aromatic N) is 2. The van der Waals surface area contributed by atoms with Gasteiger partial charge in [-0.15, -0.1) is 0 Å². The van der Waals surface area contributed by atoms with Crippen molar-refractivity contribution in [1.29, 1.82) is 0 Å². The number of hydrogen-bond acceptors (Lipinski definition) is 4. The average molecular weight is 219 g/mol. The normalized spacial score (nSPS) is 19.8. The number of aliphatic imine (C=N–C) groups is 1. The first-order chi connectivity index (χ1) is 7.77. The molecule has 0 aliphatic carbocycles. The summed E-state index contributed by atoms with van der Waals surface area (Å²) < 4.78 is 5.35. The number of ether oxygens (including phenoxy) is 1. The van der Waals surface area contributed by atoms with Gasteiger partial charge >= 0.3 is 0 Å². The number of para-hydroxylation sites is 2. The highest BCUT2D eigenvalue weighted by atomic mass is 16.5. The molecule has 1 aromatic rings. The molecule has 16 heavy (non-hydrogen) atoms. The summed E-state index contributed by atoms with van der Waals surface area (Å²) in [6.45, 7) is 2.90. The second-order valence-corrected chi connectivity index (χ2v) is 3.80. The number of benzene rings is 1. The van der Waals surface area contributed by atoms with Crippen molar-refractivity contribution in [1.82, 2.24) is 0 Å². The zero-order chi connectivity index (χ0) is 11.5. The molecule has 1 aliphatic rings. The second kappa shape index (κ2) is 4.43. The topological polar surface area (TPSA) is 50.8 Å². The molecule has 4 heteroatoms. The summed E-state index contributed by atoms with van der Waals surface area (Å²) in [6, 6.07) is 8.22. The molecule has 4 nitrogen and oxygen atoms in total. The Labute approximate surface area is 95.7 Å². The van der Waals surface area contributed by atoms with Crippen molar-refractivity contribution in [3.8, 4) is 5.75 Å². The van der Waals surface area contributed by atoms with E-state index < -0.39 is 0 Å². The maximum Gasteiger partial charge on any atom is 0.196 e. The third-order valence-corrected chi connectivity index (χ3v) is 2.89. The molecular formula is C12H17N3O. The van der Waals surface area contributed by atoms with Gasteiger partial charge in [0.15, 0.2) is 5.96 Å². The van der Waals surface area contributed by atoms with Gasteiger partial charge in [-0.2, -0.15) is 0 Å². The van der Waals surface area contributed by atoms with Crippen molar-refractivity contribution >= 4 is 11.6 Å². The number of methoxy groups -OCH3 is 1. The van der Waals surface area contributed by atoms with Crippen LogP contribution in [0.4, 0.5) is 5.69 Å². The minimum Gasteiger partial charge on any atom is -0.495 e. The molecule has 0 saturated heterocycles. The van der Waals surface area contributed by atoms with Crippen molar-refractivity contribution < 1.29 is 4.74 Å². The van der Waals surface area contributed by atoms with E-state index in [9.17, 15) is 0 Å². The first kappa shape index (κ1) is 10.8. The van der Waals surface area contributed by atoms with Gasteiger partial charge in [-0.05, 0) is 18.6 Å². The van der Waals surface area contributed by atoms with Crippen LogP contribution in [0.2, 0.25) is 0 Å². The summed E-state index contributed by atoms with van der Waals surface area (Å²) in [5.41, 5.74) is 6.92. The van der Waals surface area contributed by atoms with Crippen molar-refractivity contribution in [3.63, 3.8) is 0 Å². The molecule has 0 bridgehead atoms.